The molecule has 1 aromatic heterocycles. The molecule has 4 nitrogen and oxygen atoms in total. The summed E-state index contributed by atoms with van der Waals surface area (Å²) in [4.78, 5) is 12.0. The minimum atomic E-state index is -0.0487. The van der Waals surface area contributed by atoms with Gasteiger partial charge in [0.2, 0.25) is 11.0 Å². The topological polar surface area (TPSA) is 54.9 Å². The van der Waals surface area contributed by atoms with Crippen molar-refractivity contribution < 1.29 is 4.79 Å². The monoisotopic (exact) mass is 387 g/mol. The third kappa shape index (κ3) is 4.46. The van der Waals surface area contributed by atoms with E-state index in [1.165, 1.54) is 11.3 Å². The number of aromatic nitrogens is 2. The van der Waals surface area contributed by atoms with Gasteiger partial charge in [0.05, 0.1) is 0 Å². The van der Waals surface area contributed by atoms with Crippen molar-refractivity contribution in [1.29, 1.82) is 0 Å². The van der Waals surface area contributed by atoms with E-state index in [9.17, 15) is 4.79 Å². The summed E-state index contributed by atoms with van der Waals surface area (Å²) in [6.45, 7) is 0. The first kappa shape index (κ1) is 15.8. The summed E-state index contributed by atoms with van der Waals surface area (Å²) < 4.78 is 1.01. The third-order valence-electron chi connectivity index (χ3n) is 3.25. The van der Waals surface area contributed by atoms with E-state index in [-0.39, 0.29) is 5.91 Å². The summed E-state index contributed by atoms with van der Waals surface area (Å²) in [5.41, 5.74) is 2.13. The second-order valence-electron chi connectivity index (χ2n) is 4.95. The van der Waals surface area contributed by atoms with Crippen molar-refractivity contribution in [2.45, 2.75) is 12.8 Å². The zero-order chi connectivity index (χ0) is 16.1. The highest BCUT2D eigenvalue weighted by molar-refractivity contribution is 9.10. The van der Waals surface area contributed by atoms with Crippen molar-refractivity contribution in [3.05, 3.63) is 64.6 Å². The van der Waals surface area contributed by atoms with Crippen LogP contribution in [-0.2, 0) is 11.2 Å². The summed E-state index contributed by atoms with van der Waals surface area (Å²) in [5.74, 6) is -0.0487. The summed E-state index contributed by atoms with van der Waals surface area (Å²) in [6.07, 6.45) is 1.14. The molecule has 0 saturated carbocycles. The van der Waals surface area contributed by atoms with E-state index in [1.807, 2.05) is 54.6 Å². The molecule has 116 valence electrons. The van der Waals surface area contributed by atoms with Crippen LogP contribution >= 0.6 is 27.3 Å². The van der Waals surface area contributed by atoms with Crippen LogP contribution in [0.1, 0.15) is 12.0 Å². The first-order valence-corrected chi connectivity index (χ1v) is 8.75. The van der Waals surface area contributed by atoms with E-state index < -0.39 is 0 Å². The fraction of sp³-hybridized carbons (Fsp3) is 0.118. The molecule has 0 spiro atoms. The smallest absolute Gasteiger partial charge is 0.226 e. The normalized spacial score (nSPS) is 10.5. The van der Waals surface area contributed by atoms with Crippen molar-refractivity contribution in [2.24, 2.45) is 0 Å². The van der Waals surface area contributed by atoms with E-state index in [1.54, 1.807) is 0 Å². The minimum absolute atomic E-state index is 0.0487. The van der Waals surface area contributed by atoms with Gasteiger partial charge in [0.15, 0.2) is 0 Å². The molecule has 1 amide bonds. The summed E-state index contributed by atoms with van der Waals surface area (Å²) in [7, 11) is 0. The number of nitrogens with one attached hydrogen (secondary N) is 1. The second-order valence-corrected chi connectivity index (χ2v) is 6.85. The lowest BCUT2D eigenvalue weighted by Gasteiger charge is -2.01. The van der Waals surface area contributed by atoms with Crippen LogP contribution in [0.5, 0.6) is 0 Å². The lowest BCUT2D eigenvalue weighted by atomic mass is 10.1. The van der Waals surface area contributed by atoms with Gasteiger partial charge in [-0.25, -0.2) is 0 Å². The molecule has 0 saturated heterocycles. The van der Waals surface area contributed by atoms with Gasteiger partial charge in [-0.15, -0.1) is 10.2 Å². The van der Waals surface area contributed by atoms with Crippen molar-refractivity contribution in [3.8, 4) is 10.6 Å². The Hall–Kier alpha value is -2.05. The summed E-state index contributed by atoms with van der Waals surface area (Å²) >= 11 is 4.78. The highest BCUT2D eigenvalue weighted by atomic mass is 79.9. The van der Waals surface area contributed by atoms with E-state index in [0.29, 0.717) is 18.0 Å². The molecular weight excluding hydrogens is 374 g/mol. The molecule has 23 heavy (non-hydrogen) atoms. The number of aryl methyl sites for hydroxylation is 1. The van der Waals surface area contributed by atoms with Crippen LogP contribution in [0.25, 0.3) is 10.6 Å². The number of rotatable bonds is 5. The molecule has 1 N–H and O–H groups in total. The number of hydrogen-bond acceptors (Lipinski definition) is 4. The molecule has 0 unspecified atom stereocenters. The maximum absolute atomic E-state index is 12.0. The molecular formula is C17H14BrN3OS. The van der Waals surface area contributed by atoms with Crippen LogP contribution in [0.15, 0.2) is 59.1 Å². The van der Waals surface area contributed by atoms with Gasteiger partial charge in [-0.1, -0.05) is 69.7 Å². The lowest BCUT2D eigenvalue weighted by molar-refractivity contribution is -0.116. The first-order chi connectivity index (χ1) is 11.2. The fourth-order valence-electron chi connectivity index (χ4n) is 2.07. The highest BCUT2D eigenvalue weighted by Crippen LogP contribution is 2.27. The van der Waals surface area contributed by atoms with Gasteiger partial charge >= 0.3 is 0 Å². The molecule has 0 fully saturated rings. The van der Waals surface area contributed by atoms with Crippen molar-refractivity contribution in [3.63, 3.8) is 0 Å². The van der Waals surface area contributed by atoms with Gasteiger partial charge < -0.3 is 5.32 Å². The Balaban J connectivity index is 1.58. The Morgan fingerprint density at radius 1 is 1.04 bits per heavy atom. The van der Waals surface area contributed by atoms with Crippen LogP contribution in [0, 0.1) is 0 Å². The quantitative estimate of drug-likeness (QED) is 0.698. The fourth-order valence-corrected chi connectivity index (χ4v) is 3.10. The second kappa shape index (κ2) is 7.48. The number of amides is 1. The third-order valence-corrected chi connectivity index (χ3v) is 4.66. The predicted octanol–water partition coefficient (Wildman–Crippen LogP) is 4.54. The van der Waals surface area contributed by atoms with Gasteiger partial charge in [-0.3, -0.25) is 4.79 Å². The van der Waals surface area contributed by atoms with Crippen LogP contribution < -0.4 is 5.32 Å². The van der Waals surface area contributed by atoms with Crippen molar-refractivity contribution in [1.82, 2.24) is 10.2 Å². The van der Waals surface area contributed by atoms with E-state index >= 15 is 0 Å². The van der Waals surface area contributed by atoms with Crippen molar-refractivity contribution in [2.75, 3.05) is 5.32 Å². The molecule has 6 heteroatoms. The van der Waals surface area contributed by atoms with Crippen LogP contribution in [0.3, 0.4) is 0 Å². The van der Waals surface area contributed by atoms with Gasteiger partial charge in [0.25, 0.3) is 0 Å². The first-order valence-electron chi connectivity index (χ1n) is 7.14. The molecule has 0 aliphatic rings. The standard InChI is InChI=1S/C17H14BrN3OS/c18-14-9-7-13(8-10-14)16-20-21-17(23-16)19-15(22)11-6-12-4-2-1-3-5-12/h1-5,7-10H,6,11H2,(H,19,21,22). The predicted molar refractivity (Wildman–Crippen MR) is 96.4 cm³/mol. The average molecular weight is 388 g/mol. The Kier molecular flexibility index (Phi) is 5.15. The number of hydrogen-bond donors (Lipinski definition) is 1. The summed E-state index contributed by atoms with van der Waals surface area (Å²) in [6, 6.07) is 17.8. The SMILES string of the molecule is O=C(CCc1ccccc1)Nc1nnc(-c2ccc(Br)cc2)s1. The maximum Gasteiger partial charge on any atom is 0.226 e. The molecule has 0 radical (unpaired) electrons. The van der Waals surface area contributed by atoms with Gasteiger partial charge in [0, 0.05) is 16.5 Å². The number of carbonyl (C=O) groups excluding carboxylic acids is 1. The number of nitrogens with zero attached hydrogens (tertiary/aromatic N) is 2. The highest BCUT2D eigenvalue weighted by Gasteiger charge is 2.09. The molecule has 0 bridgehead atoms. The zero-order valence-corrected chi connectivity index (χ0v) is 14.6. The number of anilines is 1. The van der Waals surface area contributed by atoms with E-state index in [2.05, 4.69) is 31.4 Å². The van der Waals surface area contributed by atoms with Crippen LogP contribution in [0.2, 0.25) is 0 Å². The number of carbonyl (C=O) groups is 1. The molecule has 3 rings (SSSR count). The number of halogens is 1. The number of benzene rings is 2. The lowest BCUT2D eigenvalue weighted by Crippen LogP contribution is -2.12. The maximum atomic E-state index is 12.0. The Labute approximate surface area is 146 Å². The summed E-state index contributed by atoms with van der Waals surface area (Å²) in [5, 5.41) is 12.3. The molecule has 0 aliphatic carbocycles. The Morgan fingerprint density at radius 3 is 2.52 bits per heavy atom. The molecule has 0 atom stereocenters. The van der Waals surface area contributed by atoms with Crippen LogP contribution in [-0.4, -0.2) is 16.1 Å². The van der Waals surface area contributed by atoms with Crippen molar-refractivity contribution >= 4 is 38.3 Å². The molecule has 1 heterocycles. The molecule has 0 aliphatic heterocycles. The average Bonchev–Trinajstić information content (AvgIpc) is 3.03. The van der Waals surface area contributed by atoms with Gasteiger partial charge in [-0.2, -0.15) is 0 Å². The van der Waals surface area contributed by atoms with E-state index in [0.717, 1.165) is 20.6 Å². The van der Waals surface area contributed by atoms with Crippen LogP contribution in [0.4, 0.5) is 5.13 Å². The molecule has 3 aromatic rings. The zero-order valence-electron chi connectivity index (χ0n) is 12.2. The van der Waals surface area contributed by atoms with E-state index in [4.69, 9.17) is 0 Å². The molecule has 2 aromatic carbocycles. The van der Waals surface area contributed by atoms with Gasteiger partial charge in [-0.05, 0) is 24.1 Å². The largest absolute Gasteiger partial charge is 0.301 e. The Bertz CT molecular complexity index is 787. The minimum Gasteiger partial charge on any atom is -0.301 e. The Morgan fingerprint density at radius 2 is 1.78 bits per heavy atom. The van der Waals surface area contributed by atoms with Gasteiger partial charge in [0.1, 0.15) is 5.01 Å².